The summed E-state index contributed by atoms with van der Waals surface area (Å²) in [6.07, 6.45) is 0. The molecule has 0 aliphatic carbocycles. The van der Waals surface area contributed by atoms with E-state index in [0.29, 0.717) is 4.47 Å². The van der Waals surface area contributed by atoms with Crippen LogP contribution in [0.15, 0.2) is 33.6 Å². The van der Waals surface area contributed by atoms with Gasteiger partial charge in [-0.1, -0.05) is 15.9 Å². The van der Waals surface area contributed by atoms with Crippen LogP contribution >= 0.6 is 47.8 Å². The summed E-state index contributed by atoms with van der Waals surface area (Å²) < 4.78 is 44.8. The Morgan fingerprint density at radius 2 is 1.41 bits per heavy atom. The van der Waals surface area contributed by atoms with Gasteiger partial charge in [-0.05, 0) is 56.1 Å². The van der Waals surface area contributed by atoms with Gasteiger partial charge in [-0.2, -0.15) is 0 Å². The van der Waals surface area contributed by atoms with Crippen molar-refractivity contribution < 1.29 is 16.8 Å². The van der Waals surface area contributed by atoms with Crippen LogP contribution in [0.25, 0.3) is 0 Å². The van der Waals surface area contributed by atoms with Gasteiger partial charge in [0.1, 0.15) is 0 Å². The SMILES string of the molecule is NS(=O)(=O)C(Br)(Br)S(=O)(=O)c1ccc(Br)cc1. The molecule has 17 heavy (non-hydrogen) atoms. The fraction of sp³-hybridized carbons (Fsp3) is 0.143. The number of rotatable bonds is 3. The van der Waals surface area contributed by atoms with Gasteiger partial charge >= 0.3 is 0 Å². The highest BCUT2D eigenvalue weighted by Gasteiger charge is 2.50. The fourth-order valence-electron chi connectivity index (χ4n) is 0.904. The molecule has 10 heteroatoms. The fourth-order valence-corrected chi connectivity index (χ4v) is 4.57. The number of primary sulfonamides is 1. The zero-order chi connectivity index (χ0) is 13.5. The van der Waals surface area contributed by atoms with Crippen LogP contribution in [0.1, 0.15) is 0 Å². The van der Waals surface area contributed by atoms with Gasteiger partial charge in [0, 0.05) is 4.47 Å². The van der Waals surface area contributed by atoms with E-state index in [0.717, 1.165) is 0 Å². The van der Waals surface area contributed by atoms with Gasteiger partial charge in [0.05, 0.1) is 4.90 Å². The van der Waals surface area contributed by atoms with Crippen molar-refractivity contribution in [1.82, 2.24) is 0 Å². The third-order valence-corrected chi connectivity index (χ3v) is 11.1. The molecule has 0 fully saturated rings. The van der Waals surface area contributed by atoms with Crippen LogP contribution < -0.4 is 5.14 Å². The van der Waals surface area contributed by atoms with Crippen LogP contribution in [0.4, 0.5) is 0 Å². The second-order valence-electron chi connectivity index (χ2n) is 2.97. The monoisotopic (exact) mass is 469 g/mol. The molecule has 0 radical (unpaired) electrons. The van der Waals surface area contributed by atoms with Crippen molar-refractivity contribution in [3.8, 4) is 0 Å². The third kappa shape index (κ3) is 2.92. The van der Waals surface area contributed by atoms with Gasteiger partial charge in [-0.25, -0.2) is 22.0 Å². The first-order valence-electron chi connectivity index (χ1n) is 3.90. The largest absolute Gasteiger partial charge is 0.298 e. The molecule has 0 saturated heterocycles. The summed E-state index contributed by atoms with van der Waals surface area (Å²) in [7, 11) is -8.60. The Labute approximate surface area is 124 Å². The minimum absolute atomic E-state index is 0.177. The molecule has 1 rings (SSSR count). The van der Waals surface area contributed by atoms with Crippen LogP contribution in [0, 0.1) is 0 Å². The molecule has 0 aliphatic rings. The van der Waals surface area contributed by atoms with E-state index in [1.165, 1.54) is 24.3 Å². The van der Waals surface area contributed by atoms with Crippen molar-refractivity contribution in [2.45, 2.75) is 6.79 Å². The van der Waals surface area contributed by atoms with Crippen LogP contribution in [0.2, 0.25) is 0 Å². The first-order valence-corrected chi connectivity index (χ1v) is 9.31. The summed E-state index contributed by atoms with van der Waals surface area (Å²) >= 11 is 8.31. The molecule has 1 aromatic carbocycles. The van der Waals surface area contributed by atoms with Crippen molar-refractivity contribution in [3.63, 3.8) is 0 Å². The second kappa shape index (κ2) is 4.89. The van der Waals surface area contributed by atoms with Gasteiger partial charge in [0.15, 0.2) is 0 Å². The van der Waals surface area contributed by atoms with Gasteiger partial charge in [0.25, 0.3) is 1.90 Å². The van der Waals surface area contributed by atoms with Crippen LogP contribution in [0.5, 0.6) is 0 Å². The highest BCUT2D eigenvalue weighted by molar-refractivity contribution is 9.30. The maximum atomic E-state index is 12.0. The lowest BCUT2D eigenvalue weighted by Crippen LogP contribution is -2.39. The number of hydrogen-bond acceptors (Lipinski definition) is 4. The summed E-state index contributed by atoms with van der Waals surface area (Å²) in [4.78, 5) is -0.177. The van der Waals surface area contributed by atoms with Gasteiger partial charge < -0.3 is 0 Å². The van der Waals surface area contributed by atoms with E-state index in [-0.39, 0.29) is 4.90 Å². The summed E-state index contributed by atoms with van der Waals surface area (Å²) in [6.45, 7) is 0. The van der Waals surface area contributed by atoms with Gasteiger partial charge in [0.2, 0.25) is 19.9 Å². The normalized spacial score (nSPS) is 13.6. The predicted octanol–water partition coefficient (Wildman–Crippen LogP) is 1.91. The average Bonchev–Trinajstić information content (AvgIpc) is 2.16. The Bertz CT molecular complexity index is 622. The highest BCUT2D eigenvalue weighted by Crippen LogP contribution is 2.41. The molecule has 0 aromatic heterocycles. The molecular formula is C7H6Br3NO4S2. The quantitative estimate of drug-likeness (QED) is 0.681. The molecule has 0 spiro atoms. The summed E-state index contributed by atoms with van der Waals surface area (Å²) in [6, 6.07) is 5.49. The molecule has 96 valence electrons. The zero-order valence-electron chi connectivity index (χ0n) is 7.97. The number of sulfonamides is 1. The van der Waals surface area contributed by atoms with Crippen molar-refractivity contribution in [2.24, 2.45) is 5.14 Å². The van der Waals surface area contributed by atoms with Crippen LogP contribution in [-0.2, 0) is 19.9 Å². The summed E-state index contributed by atoms with van der Waals surface area (Å²) in [5.41, 5.74) is 0. The van der Waals surface area contributed by atoms with E-state index in [1.54, 1.807) is 0 Å². The first-order chi connectivity index (χ1) is 7.50. The molecule has 0 heterocycles. The van der Waals surface area contributed by atoms with E-state index >= 15 is 0 Å². The van der Waals surface area contributed by atoms with Crippen LogP contribution in [-0.4, -0.2) is 18.7 Å². The molecule has 0 atom stereocenters. The Morgan fingerprint density at radius 3 is 1.76 bits per heavy atom. The molecule has 0 unspecified atom stereocenters. The minimum atomic E-state index is -4.38. The van der Waals surface area contributed by atoms with E-state index in [2.05, 4.69) is 47.8 Å². The number of nitrogens with two attached hydrogens (primary N) is 1. The van der Waals surface area contributed by atoms with Crippen molar-refractivity contribution in [2.75, 3.05) is 0 Å². The van der Waals surface area contributed by atoms with Gasteiger partial charge in [-0.3, -0.25) is 0 Å². The average molecular weight is 472 g/mol. The maximum absolute atomic E-state index is 12.0. The van der Waals surface area contributed by atoms with E-state index in [4.69, 9.17) is 5.14 Å². The first kappa shape index (κ1) is 15.6. The topological polar surface area (TPSA) is 94.3 Å². The number of alkyl halides is 2. The lowest BCUT2D eigenvalue weighted by Gasteiger charge is -2.18. The Kier molecular flexibility index (Phi) is 4.48. The molecule has 0 aliphatic heterocycles. The smallest absolute Gasteiger partial charge is 0.226 e. The highest BCUT2D eigenvalue weighted by atomic mass is 79.9. The third-order valence-electron chi connectivity index (χ3n) is 1.77. The Balaban J connectivity index is 3.45. The number of halogens is 3. The molecule has 5 nitrogen and oxygen atoms in total. The lowest BCUT2D eigenvalue weighted by molar-refractivity contribution is 0.585. The molecule has 0 saturated carbocycles. The maximum Gasteiger partial charge on any atom is 0.298 e. The minimum Gasteiger partial charge on any atom is -0.226 e. The van der Waals surface area contributed by atoms with E-state index in [9.17, 15) is 16.8 Å². The van der Waals surface area contributed by atoms with Crippen molar-refractivity contribution >= 4 is 67.7 Å². The molecular weight excluding hydrogens is 466 g/mol. The number of benzene rings is 1. The predicted molar refractivity (Wildman–Crippen MR) is 75.0 cm³/mol. The van der Waals surface area contributed by atoms with Crippen molar-refractivity contribution in [3.05, 3.63) is 28.7 Å². The lowest BCUT2D eigenvalue weighted by atomic mass is 10.4. The van der Waals surface area contributed by atoms with Crippen molar-refractivity contribution in [1.29, 1.82) is 0 Å². The Hall–Kier alpha value is 0.520. The number of sulfone groups is 1. The van der Waals surface area contributed by atoms with Crippen LogP contribution in [0.3, 0.4) is 0 Å². The molecule has 0 amide bonds. The Morgan fingerprint density at radius 1 is 1.00 bits per heavy atom. The number of hydrogen-bond donors (Lipinski definition) is 1. The summed E-state index contributed by atoms with van der Waals surface area (Å²) in [5, 5.41) is 4.86. The molecule has 1 aromatic rings. The zero-order valence-corrected chi connectivity index (χ0v) is 14.4. The van der Waals surface area contributed by atoms with E-state index < -0.39 is 21.8 Å². The standard InChI is InChI=1S/C7H6Br3NO4S2/c8-5-1-3-6(4-2-5)16(12,13)7(9,10)17(11,14)15/h1-4H,(H2,11,14,15). The van der Waals surface area contributed by atoms with E-state index in [1.807, 2.05) is 0 Å². The van der Waals surface area contributed by atoms with Gasteiger partial charge in [-0.15, -0.1) is 0 Å². The molecule has 2 N–H and O–H groups in total. The summed E-state index contributed by atoms with van der Waals surface area (Å²) in [5.74, 6) is 0. The molecule has 0 bridgehead atoms. The second-order valence-corrected chi connectivity index (χ2v) is 13.5.